The molecule has 1 atom stereocenters. The van der Waals surface area contributed by atoms with Crippen LogP contribution in [0.15, 0.2) is 49.1 Å². The van der Waals surface area contributed by atoms with Gasteiger partial charge < -0.3 is 0 Å². The molecule has 2 heterocycles. The molecular weight excluding hydrogens is 337 g/mol. The third kappa shape index (κ3) is 3.82. The standard InChI is InChI=1S/C14H17N2.Pr/c1-3-12(2)16-10-6-14(7-11-16)13-4-8-15-9-5-13;/h4-12H,3H2,1-2H3;/q+1;. The molecule has 17 heavy (non-hydrogen) atoms. The molecule has 0 amide bonds. The van der Waals surface area contributed by atoms with Crippen LogP contribution in [-0.4, -0.2) is 4.98 Å². The molecule has 0 bridgehead atoms. The number of hydrogen-bond donors (Lipinski definition) is 0. The first kappa shape index (κ1) is 14.7. The first-order valence-corrected chi connectivity index (χ1v) is 5.72. The monoisotopic (exact) mass is 354 g/mol. The van der Waals surface area contributed by atoms with E-state index in [1.54, 1.807) is 0 Å². The Morgan fingerprint density at radius 1 is 1.06 bits per heavy atom. The van der Waals surface area contributed by atoms with Crippen LogP contribution in [0.1, 0.15) is 26.3 Å². The van der Waals surface area contributed by atoms with Gasteiger partial charge in [0.15, 0.2) is 18.4 Å². The predicted molar refractivity (Wildman–Crippen MR) is 64.9 cm³/mol. The van der Waals surface area contributed by atoms with Gasteiger partial charge in [0.05, 0.1) is 0 Å². The first-order valence-electron chi connectivity index (χ1n) is 5.72. The van der Waals surface area contributed by atoms with E-state index in [1.807, 2.05) is 24.5 Å². The predicted octanol–water partition coefficient (Wildman–Crippen LogP) is 3.01. The Morgan fingerprint density at radius 2 is 1.59 bits per heavy atom. The van der Waals surface area contributed by atoms with Crippen LogP contribution in [-0.2, 0) is 0 Å². The van der Waals surface area contributed by atoms with E-state index in [0.29, 0.717) is 6.04 Å². The molecule has 0 aliphatic carbocycles. The second-order valence-corrected chi connectivity index (χ2v) is 4.03. The maximum Gasteiger partial charge on any atom is 0.169 e. The summed E-state index contributed by atoms with van der Waals surface area (Å²) in [4.78, 5) is 4.02. The Balaban J connectivity index is 0.00000144. The smallest absolute Gasteiger partial charge is 0.169 e. The van der Waals surface area contributed by atoms with Crippen molar-refractivity contribution in [2.75, 3.05) is 0 Å². The summed E-state index contributed by atoms with van der Waals surface area (Å²) in [7, 11) is 0. The van der Waals surface area contributed by atoms with Crippen molar-refractivity contribution >= 4 is 0 Å². The summed E-state index contributed by atoms with van der Waals surface area (Å²) >= 11 is 0. The molecule has 2 aromatic heterocycles. The van der Waals surface area contributed by atoms with Crippen molar-refractivity contribution in [1.82, 2.24) is 4.98 Å². The van der Waals surface area contributed by atoms with E-state index in [4.69, 9.17) is 0 Å². The summed E-state index contributed by atoms with van der Waals surface area (Å²) in [6.07, 6.45) is 9.09. The number of nitrogens with zero attached hydrogens (tertiary/aromatic N) is 2. The molecule has 0 spiro atoms. The Labute approximate surface area is 136 Å². The van der Waals surface area contributed by atoms with Crippen LogP contribution in [0, 0.1) is 41.3 Å². The van der Waals surface area contributed by atoms with Crippen molar-refractivity contribution in [1.29, 1.82) is 0 Å². The van der Waals surface area contributed by atoms with Crippen LogP contribution < -0.4 is 4.57 Å². The third-order valence-electron chi connectivity index (χ3n) is 2.97. The number of pyridine rings is 2. The van der Waals surface area contributed by atoms with E-state index >= 15 is 0 Å². The molecule has 0 saturated heterocycles. The fourth-order valence-corrected chi connectivity index (χ4v) is 1.68. The van der Waals surface area contributed by atoms with Gasteiger partial charge in [0.1, 0.15) is 0 Å². The van der Waals surface area contributed by atoms with E-state index in [9.17, 15) is 0 Å². The zero-order chi connectivity index (χ0) is 11.4. The summed E-state index contributed by atoms with van der Waals surface area (Å²) < 4.78 is 2.24. The summed E-state index contributed by atoms with van der Waals surface area (Å²) in [6, 6.07) is 8.93. The Hall–Kier alpha value is -0.336. The fourth-order valence-electron chi connectivity index (χ4n) is 1.68. The second-order valence-electron chi connectivity index (χ2n) is 4.03. The molecule has 2 nitrogen and oxygen atoms in total. The van der Waals surface area contributed by atoms with Gasteiger partial charge >= 0.3 is 0 Å². The molecule has 0 fully saturated rings. The van der Waals surface area contributed by atoms with E-state index in [0.717, 1.165) is 6.42 Å². The molecule has 2 aromatic rings. The maximum absolute atomic E-state index is 4.02. The Bertz CT molecular complexity index is 440. The van der Waals surface area contributed by atoms with Crippen molar-refractivity contribution in [3.63, 3.8) is 0 Å². The molecule has 3 heteroatoms. The van der Waals surface area contributed by atoms with Gasteiger partial charge in [0, 0.05) is 72.2 Å². The van der Waals surface area contributed by atoms with Crippen molar-refractivity contribution in [3.05, 3.63) is 49.1 Å². The number of aromatic nitrogens is 2. The maximum atomic E-state index is 4.02. The minimum absolute atomic E-state index is 0. The van der Waals surface area contributed by atoms with Crippen LogP contribution >= 0.6 is 0 Å². The minimum Gasteiger partial charge on any atom is -0.265 e. The average Bonchev–Trinajstić information content (AvgIpc) is 2.39. The van der Waals surface area contributed by atoms with Gasteiger partial charge in [-0.15, -0.1) is 0 Å². The van der Waals surface area contributed by atoms with Crippen LogP contribution in [0.25, 0.3) is 11.1 Å². The SMILES string of the molecule is CCC(C)[n+]1ccc(-c2ccncc2)cc1.[Pr]. The van der Waals surface area contributed by atoms with Gasteiger partial charge in [-0.25, -0.2) is 4.57 Å². The molecular formula is C14H17N2Pr+. The summed E-state index contributed by atoms with van der Waals surface area (Å²) in [5.41, 5.74) is 2.45. The van der Waals surface area contributed by atoms with Gasteiger partial charge in [-0.3, -0.25) is 4.98 Å². The van der Waals surface area contributed by atoms with Crippen LogP contribution in [0.3, 0.4) is 0 Å². The van der Waals surface area contributed by atoms with Crippen molar-refractivity contribution in [2.24, 2.45) is 0 Å². The fraction of sp³-hybridized carbons (Fsp3) is 0.286. The minimum atomic E-state index is 0. The van der Waals surface area contributed by atoms with Crippen molar-refractivity contribution in [3.8, 4) is 11.1 Å². The van der Waals surface area contributed by atoms with Gasteiger partial charge in [-0.2, -0.15) is 0 Å². The molecule has 0 aliphatic heterocycles. The molecule has 0 aliphatic rings. The molecule has 0 aromatic carbocycles. The topological polar surface area (TPSA) is 16.8 Å². The van der Waals surface area contributed by atoms with Gasteiger partial charge in [-0.05, 0) is 30.2 Å². The molecule has 2 rings (SSSR count). The first-order chi connectivity index (χ1) is 7.81. The van der Waals surface area contributed by atoms with E-state index < -0.39 is 0 Å². The summed E-state index contributed by atoms with van der Waals surface area (Å²) in [6.45, 7) is 4.43. The van der Waals surface area contributed by atoms with E-state index in [-0.39, 0.29) is 41.3 Å². The summed E-state index contributed by atoms with van der Waals surface area (Å²) in [5.74, 6) is 0. The molecule has 0 saturated carbocycles. The van der Waals surface area contributed by atoms with Crippen LogP contribution in [0.5, 0.6) is 0 Å². The van der Waals surface area contributed by atoms with Crippen LogP contribution in [0.4, 0.5) is 0 Å². The number of rotatable bonds is 3. The quantitative estimate of drug-likeness (QED) is 0.775. The molecule has 1 radical (unpaired) electrons. The van der Waals surface area contributed by atoms with Gasteiger partial charge in [0.25, 0.3) is 0 Å². The zero-order valence-electron chi connectivity index (χ0n) is 10.4. The van der Waals surface area contributed by atoms with Gasteiger partial charge in [0.2, 0.25) is 0 Å². The van der Waals surface area contributed by atoms with Crippen LogP contribution in [0.2, 0.25) is 0 Å². The largest absolute Gasteiger partial charge is 0.265 e. The van der Waals surface area contributed by atoms with E-state index in [2.05, 4.69) is 47.9 Å². The normalized spacial score (nSPS) is 11.6. The summed E-state index contributed by atoms with van der Waals surface area (Å²) in [5, 5.41) is 0. The van der Waals surface area contributed by atoms with Crippen molar-refractivity contribution < 1.29 is 45.9 Å². The number of hydrogen-bond acceptors (Lipinski definition) is 1. The Kier molecular flexibility index (Phi) is 6.22. The van der Waals surface area contributed by atoms with Crippen molar-refractivity contribution in [2.45, 2.75) is 26.3 Å². The van der Waals surface area contributed by atoms with Gasteiger partial charge in [-0.1, -0.05) is 6.92 Å². The molecule has 0 N–H and O–H groups in total. The molecule has 85 valence electrons. The second kappa shape index (κ2) is 7.18. The third-order valence-corrected chi connectivity index (χ3v) is 2.97. The molecule has 1 unspecified atom stereocenters. The average molecular weight is 354 g/mol. The zero-order valence-corrected chi connectivity index (χ0v) is 14.1. The Morgan fingerprint density at radius 3 is 2.12 bits per heavy atom. The van der Waals surface area contributed by atoms with E-state index in [1.165, 1.54) is 11.1 Å².